The van der Waals surface area contributed by atoms with Crippen molar-refractivity contribution in [3.05, 3.63) is 65.7 Å². The predicted octanol–water partition coefficient (Wildman–Crippen LogP) is 3.50. The summed E-state index contributed by atoms with van der Waals surface area (Å²) in [5, 5.41) is 0. The molecular formula is C26H30N2O5S. The number of likely N-dealkylation sites (tertiary alicyclic amines) is 1. The van der Waals surface area contributed by atoms with Crippen LogP contribution < -0.4 is 4.31 Å². The van der Waals surface area contributed by atoms with Gasteiger partial charge in [-0.2, -0.15) is 0 Å². The highest BCUT2D eigenvalue weighted by atomic mass is 32.2. The van der Waals surface area contributed by atoms with E-state index >= 15 is 0 Å². The van der Waals surface area contributed by atoms with E-state index in [1.165, 1.54) is 22.5 Å². The minimum atomic E-state index is -3.66. The number of carbonyl (C=O) groups is 2. The van der Waals surface area contributed by atoms with Gasteiger partial charge >= 0.3 is 5.97 Å². The lowest BCUT2D eigenvalue weighted by Gasteiger charge is -2.34. The van der Waals surface area contributed by atoms with Crippen molar-refractivity contribution in [2.45, 2.75) is 31.6 Å². The monoisotopic (exact) mass is 482 g/mol. The molecule has 2 aromatic rings. The van der Waals surface area contributed by atoms with Crippen LogP contribution in [0, 0.1) is 11.8 Å². The molecule has 0 saturated carbocycles. The molecule has 2 aliphatic rings. The van der Waals surface area contributed by atoms with Crippen LogP contribution in [0.15, 0.2) is 59.5 Å². The standard InChI is InChI=1S/C26H30N2O5S/c1-19-15-20(2)17-27(16-19)25(29)18-33-26(30)12-9-21-7-10-23(11-8-21)34(31,32)28-14-13-22-5-3-4-6-24(22)28/h3-12,19-20H,13-18H2,1-2H3/b12-9+. The SMILES string of the molecule is CC1CC(C)CN(C(=O)COC(=O)/C=C/c2ccc(S(=O)(=O)N3CCc4ccccc43)cc2)C1. The third-order valence-electron chi connectivity index (χ3n) is 6.28. The van der Waals surface area contributed by atoms with Crippen LogP contribution in [-0.4, -0.2) is 51.4 Å². The maximum atomic E-state index is 13.1. The normalized spacial score (nSPS) is 20.4. The lowest BCUT2D eigenvalue weighted by Crippen LogP contribution is -2.44. The Morgan fingerprint density at radius 2 is 1.71 bits per heavy atom. The van der Waals surface area contributed by atoms with Crippen molar-refractivity contribution in [3.63, 3.8) is 0 Å². The highest BCUT2D eigenvalue weighted by molar-refractivity contribution is 7.92. The summed E-state index contributed by atoms with van der Waals surface area (Å²) in [4.78, 5) is 26.4. The molecule has 2 atom stereocenters. The van der Waals surface area contributed by atoms with Gasteiger partial charge < -0.3 is 9.64 Å². The molecule has 2 heterocycles. The zero-order valence-corrected chi connectivity index (χ0v) is 20.3. The van der Waals surface area contributed by atoms with Gasteiger partial charge in [-0.1, -0.05) is 44.2 Å². The molecule has 0 aromatic heterocycles. The van der Waals surface area contributed by atoms with E-state index < -0.39 is 16.0 Å². The molecular weight excluding hydrogens is 452 g/mol. The number of nitrogens with zero attached hydrogens (tertiary/aromatic N) is 2. The van der Waals surface area contributed by atoms with E-state index in [0.717, 1.165) is 17.7 Å². The first kappa shape index (κ1) is 24.0. The summed E-state index contributed by atoms with van der Waals surface area (Å²) in [5.41, 5.74) is 2.40. The molecule has 0 bridgehead atoms. The van der Waals surface area contributed by atoms with Gasteiger partial charge in [0.1, 0.15) is 0 Å². The quantitative estimate of drug-likeness (QED) is 0.465. The summed E-state index contributed by atoms with van der Waals surface area (Å²) < 4.78 is 32.7. The van der Waals surface area contributed by atoms with Crippen LogP contribution in [-0.2, 0) is 30.8 Å². The number of carbonyl (C=O) groups excluding carboxylic acids is 2. The zero-order valence-electron chi connectivity index (χ0n) is 19.5. The van der Waals surface area contributed by atoms with Crippen molar-refractivity contribution in [2.75, 3.05) is 30.5 Å². The molecule has 4 rings (SSSR count). The van der Waals surface area contributed by atoms with Crippen LogP contribution in [0.2, 0.25) is 0 Å². The van der Waals surface area contributed by atoms with Gasteiger partial charge in [-0.05, 0) is 60.1 Å². The number of rotatable bonds is 6. The van der Waals surface area contributed by atoms with Crippen LogP contribution in [0.3, 0.4) is 0 Å². The number of esters is 1. The number of sulfonamides is 1. The molecule has 0 N–H and O–H groups in total. The number of anilines is 1. The van der Waals surface area contributed by atoms with Crippen molar-refractivity contribution >= 4 is 33.7 Å². The number of para-hydroxylation sites is 1. The zero-order chi connectivity index (χ0) is 24.3. The minimum absolute atomic E-state index is 0.182. The van der Waals surface area contributed by atoms with Crippen molar-refractivity contribution in [1.82, 2.24) is 4.90 Å². The fourth-order valence-corrected chi connectivity index (χ4v) is 6.24. The van der Waals surface area contributed by atoms with Gasteiger partial charge in [0.25, 0.3) is 15.9 Å². The lowest BCUT2D eigenvalue weighted by molar-refractivity contribution is -0.149. The highest BCUT2D eigenvalue weighted by Crippen LogP contribution is 2.32. The summed E-state index contributed by atoms with van der Waals surface area (Å²) in [6.07, 6.45) is 4.57. The third kappa shape index (κ3) is 5.33. The maximum absolute atomic E-state index is 13.1. The average molecular weight is 483 g/mol. The molecule has 0 radical (unpaired) electrons. The summed E-state index contributed by atoms with van der Waals surface area (Å²) in [6, 6.07) is 13.8. The molecule has 8 heteroatoms. The first-order chi connectivity index (χ1) is 16.2. The molecule has 2 unspecified atom stereocenters. The predicted molar refractivity (Wildman–Crippen MR) is 131 cm³/mol. The van der Waals surface area contributed by atoms with Crippen molar-refractivity contribution < 1.29 is 22.7 Å². The van der Waals surface area contributed by atoms with Crippen LogP contribution in [0.25, 0.3) is 6.08 Å². The van der Waals surface area contributed by atoms with Crippen LogP contribution in [0.5, 0.6) is 0 Å². The number of amides is 1. The summed E-state index contributed by atoms with van der Waals surface area (Å²) >= 11 is 0. The molecule has 1 amide bonds. The van der Waals surface area contributed by atoms with E-state index in [1.807, 2.05) is 24.3 Å². The molecule has 0 spiro atoms. The van der Waals surface area contributed by atoms with E-state index in [4.69, 9.17) is 4.74 Å². The molecule has 34 heavy (non-hydrogen) atoms. The lowest BCUT2D eigenvalue weighted by atomic mass is 9.92. The Bertz CT molecular complexity index is 1180. The minimum Gasteiger partial charge on any atom is -0.452 e. The number of fused-ring (bicyclic) bond motifs is 1. The maximum Gasteiger partial charge on any atom is 0.331 e. The van der Waals surface area contributed by atoms with Gasteiger partial charge in [0.15, 0.2) is 6.61 Å². The molecule has 180 valence electrons. The van der Waals surface area contributed by atoms with Gasteiger partial charge in [-0.25, -0.2) is 13.2 Å². The Hall–Kier alpha value is -3.13. The summed E-state index contributed by atoms with van der Waals surface area (Å²) in [6.45, 7) is 5.75. The second kappa shape index (κ2) is 10.0. The van der Waals surface area contributed by atoms with Gasteiger partial charge in [-0.3, -0.25) is 9.10 Å². The first-order valence-electron chi connectivity index (χ1n) is 11.6. The van der Waals surface area contributed by atoms with Gasteiger partial charge in [0.2, 0.25) is 0 Å². The summed E-state index contributed by atoms with van der Waals surface area (Å²) in [7, 11) is -3.66. The number of hydrogen-bond acceptors (Lipinski definition) is 5. The molecule has 2 aromatic carbocycles. The fourth-order valence-electron chi connectivity index (χ4n) is 4.74. The molecule has 0 aliphatic carbocycles. The largest absolute Gasteiger partial charge is 0.452 e. The van der Waals surface area contributed by atoms with Crippen LogP contribution in [0.4, 0.5) is 5.69 Å². The van der Waals surface area contributed by atoms with Gasteiger partial charge in [-0.15, -0.1) is 0 Å². The molecule has 2 aliphatic heterocycles. The van der Waals surface area contributed by atoms with E-state index in [2.05, 4.69) is 13.8 Å². The number of hydrogen-bond donors (Lipinski definition) is 0. The third-order valence-corrected chi connectivity index (χ3v) is 8.11. The Kier molecular flexibility index (Phi) is 7.07. The van der Waals surface area contributed by atoms with Gasteiger partial charge in [0.05, 0.1) is 10.6 Å². The van der Waals surface area contributed by atoms with E-state index in [1.54, 1.807) is 23.1 Å². The van der Waals surface area contributed by atoms with Crippen LogP contribution in [0.1, 0.15) is 31.4 Å². The van der Waals surface area contributed by atoms with Crippen molar-refractivity contribution in [2.24, 2.45) is 11.8 Å². The molecule has 1 fully saturated rings. The number of piperidine rings is 1. The fraction of sp³-hybridized carbons (Fsp3) is 0.385. The number of ether oxygens (including phenoxy) is 1. The Labute approximate surface area is 201 Å². The Balaban J connectivity index is 1.33. The first-order valence-corrected chi connectivity index (χ1v) is 13.0. The van der Waals surface area contributed by atoms with Gasteiger partial charge in [0, 0.05) is 25.7 Å². The summed E-state index contributed by atoms with van der Waals surface area (Å²) in [5.74, 6) is 0.0839. The number of benzene rings is 2. The van der Waals surface area contributed by atoms with Crippen LogP contribution >= 0.6 is 0 Å². The Morgan fingerprint density at radius 1 is 1.03 bits per heavy atom. The topological polar surface area (TPSA) is 84.0 Å². The molecule has 7 nitrogen and oxygen atoms in total. The second-order valence-corrected chi connectivity index (χ2v) is 11.1. The van der Waals surface area contributed by atoms with Crippen molar-refractivity contribution in [1.29, 1.82) is 0 Å². The Morgan fingerprint density at radius 3 is 2.41 bits per heavy atom. The molecule has 1 saturated heterocycles. The second-order valence-electron chi connectivity index (χ2n) is 9.21. The van der Waals surface area contributed by atoms with Crippen molar-refractivity contribution in [3.8, 4) is 0 Å². The van der Waals surface area contributed by atoms with E-state index in [0.29, 0.717) is 43.5 Å². The van der Waals surface area contributed by atoms with E-state index in [-0.39, 0.29) is 17.4 Å². The average Bonchev–Trinajstić information content (AvgIpc) is 3.26. The van der Waals surface area contributed by atoms with E-state index in [9.17, 15) is 18.0 Å². The highest BCUT2D eigenvalue weighted by Gasteiger charge is 2.30. The smallest absolute Gasteiger partial charge is 0.331 e.